The minimum absolute atomic E-state index is 0.300. The number of rotatable bonds is 2. The summed E-state index contributed by atoms with van der Waals surface area (Å²) < 4.78 is 0. The van der Waals surface area contributed by atoms with Gasteiger partial charge < -0.3 is 5.11 Å². The lowest BCUT2D eigenvalue weighted by molar-refractivity contribution is 0.112. The Kier molecular flexibility index (Phi) is 2.16. The lowest BCUT2D eigenvalue weighted by Gasteiger charge is -1.86. The molecule has 2 rings (SSSR count). The number of aldehydes is 1. The van der Waals surface area contributed by atoms with Crippen LogP contribution in [-0.2, 0) is 0 Å². The minimum Gasteiger partial charge on any atom is -0.499 e. The van der Waals surface area contributed by atoms with Crippen molar-refractivity contribution in [1.82, 2.24) is 0 Å². The molecule has 0 saturated heterocycles. The number of carbonyl (C=O) groups is 1. The van der Waals surface area contributed by atoms with Crippen molar-refractivity contribution in [3.63, 3.8) is 0 Å². The molecule has 1 N–H and O–H groups in total. The molecule has 0 saturated carbocycles. The van der Waals surface area contributed by atoms with Gasteiger partial charge in [0.25, 0.3) is 0 Å². The van der Waals surface area contributed by atoms with E-state index in [2.05, 4.69) is 0 Å². The molecule has 0 aliphatic carbocycles. The lowest BCUT2D eigenvalue weighted by Crippen LogP contribution is -1.67. The minimum atomic E-state index is 0.300. The van der Waals surface area contributed by atoms with Gasteiger partial charge in [0.2, 0.25) is 0 Å². The van der Waals surface area contributed by atoms with Crippen LogP contribution < -0.4 is 0 Å². The first-order valence-electron chi connectivity index (χ1n) is 3.61. The van der Waals surface area contributed by atoms with Crippen LogP contribution in [0.3, 0.4) is 0 Å². The first kappa shape index (κ1) is 8.47. The monoisotopic (exact) mass is 210 g/mol. The summed E-state index contributed by atoms with van der Waals surface area (Å²) in [6.45, 7) is 0. The van der Waals surface area contributed by atoms with Crippen molar-refractivity contribution in [2.45, 2.75) is 0 Å². The van der Waals surface area contributed by atoms with Crippen LogP contribution in [0.2, 0.25) is 0 Å². The fourth-order valence-corrected chi connectivity index (χ4v) is 2.41. The van der Waals surface area contributed by atoms with Crippen molar-refractivity contribution in [3.05, 3.63) is 27.8 Å². The Bertz CT molecular complexity index is 428. The smallest absolute Gasteiger partial charge is 0.171 e. The van der Waals surface area contributed by atoms with E-state index in [-0.39, 0.29) is 0 Å². The summed E-state index contributed by atoms with van der Waals surface area (Å²) in [5.74, 6) is 0. The summed E-state index contributed by atoms with van der Waals surface area (Å²) in [6.07, 6.45) is 0.834. The van der Waals surface area contributed by atoms with E-state index in [4.69, 9.17) is 5.11 Å². The van der Waals surface area contributed by atoms with Crippen LogP contribution in [-0.4, -0.2) is 11.4 Å². The highest BCUT2D eigenvalue weighted by atomic mass is 32.1. The maximum atomic E-state index is 10.4. The fourth-order valence-electron chi connectivity index (χ4n) is 1.04. The molecular formula is C9H6O2S2. The Morgan fingerprint density at radius 1 is 1.15 bits per heavy atom. The van der Waals surface area contributed by atoms with E-state index in [9.17, 15) is 4.79 Å². The maximum Gasteiger partial charge on any atom is 0.171 e. The summed E-state index contributed by atoms with van der Waals surface area (Å²) in [6, 6.07) is 3.51. The molecule has 0 fully saturated rings. The summed E-state index contributed by atoms with van der Waals surface area (Å²) in [5.41, 5.74) is 1.95. The third kappa shape index (κ3) is 1.64. The number of hydrogen-bond acceptors (Lipinski definition) is 4. The van der Waals surface area contributed by atoms with E-state index in [0.717, 1.165) is 17.4 Å². The zero-order valence-electron chi connectivity index (χ0n) is 6.56. The molecule has 2 nitrogen and oxygen atoms in total. The zero-order valence-corrected chi connectivity index (χ0v) is 8.19. The second kappa shape index (κ2) is 3.32. The quantitative estimate of drug-likeness (QED) is 0.774. The molecule has 4 heteroatoms. The van der Waals surface area contributed by atoms with Gasteiger partial charge in [-0.2, -0.15) is 0 Å². The summed E-state index contributed by atoms with van der Waals surface area (Å²) >= 11 is 2.70. The molecule has 66 valence electrons. The van der Waals surface area contributed by atoms with Gasteiger partial charge in [0, 0.05) is 5.38 Å². The van der Waals surface area contributed by atoms with Gasteiger partial charge in [-0.1, -0.05) is 0 Å². The molecule has 0 spiro atoms. The summed E-state index contributed by atoms with van der Waals surface area (Å²) in [5, 5.41) is 13.2. The Morgan fingerprint density at radius 2 is 1.85 bits per heavy atom. The van der Waals surface area contributed by atoms with Crippen LogP contribution in [0.4, 0.5) is 0 Å². The third-order valence-corrected chi connectivity index (χ3v) is 3.24. The van der Waals surface area contributed by atoms with Crippen molar-refractivity contribution >= 4 is 29.0 Å². The van der Waals surface area contributed by atoms with Crippen LogP contribution in [0, 0.1) is 0 Å². The van der Waals surface area contributed by atoms with Gasteiger partial charge in [0.05, 0.1) is 4.88 Å². The SMILES string of the molecule is O=Cc1cc(-c2csc(O)c2)cs1. The van der Waals surface area contributed by atoms with Crippen molar-refractivity contribution in [1.29, 1.82) is 0 Å². The molecule has 0 aromatic carbocycles. The molecule has 2 heterocycles. The molecule has 0 aliphatic rings. The van der Waals surface area contributed by atoms with E-state index in [1.807, 2.05) is 16.8 Å². The van der Waals surface area contributed by atoms with Crippen LogP contribution in [0.15, 0.2) is 22.9 Å². The zero-order chi connectivity index (χ0) is 9.26. The predicted octanol–water partition coefficient (Wildman–Crippen LogP) is 2.99. The van der Waals surface area contributed by atoms with Gasteiger partial charge in [0.15, 0.2) is 11.3 Å². The molecule has 0 bridgehead atoms. The Hall–Kier alpha value is -1.13. The molecule has 2 aromatic heterocycles. The van der Waals surface area contributed by atoms with E-state index < -0.39 is 0 Å². The van der Waals surface area contributed by atoms with Crippen LogP contribution in [0.25, 0.3) is 11.1 Å². The van der Waals surface area contributed by atoms with E-state index in [0.29, 0.717) is 9.94 Å². The number of aromatic hydroxyl groups is 1. The molecule has 0 aliphatic heterocycles. The van der Waals surface area contributed by atoms with Gasteiger partial charge in [-0.3, -0.25) is 4.79 Å². The van der Waals surface area contributed by atoms with Gasteiger partial charge in [-0.15, -0.1) is 22.7 Å². The molecule has 0 atom stereocenters. The first-order valence-corrected chi connectivity index (χ1v) is 5.37. The molecular weight excluding hydrogens is 204 g/mol. The maximum absolute atomic E-state index is 10.4. The predicted molar refractivity (Wildman–Crippen MR) is 54.7 cm³/mol. The summed E-state index contributed by atoms with van der Waals surface area (Å²) in [7, 11) is 0. The van der Waals surface area contributed by atoms with Crippen molar-refractivity contribution in [2.75, 3.05) is 0 Å². The largest absolute Gasteiger partial charge is 0.499 e. The standard InChI is InChI=1S/C9H6O2S2/c10-3-8-1-6(4-12-8)7-2-9(11)13-5-7/h1-5,11H. The fraction of sp³-hybridized carbons (Fsp3) is 0. The van der Waals surface area contributed by atoms with Gasteiger partial charge >= 0.3 is 0 Å². The number of thiophene rings is 2. The third-order valence-electron chi connectivity index (χ3n) is 1.65. The van der Waals surface area contributed by atoms with Crippen LogP contribution in [0.5, 0.6) is 5.06 Å². The average Bonchev–Trinajstić information content (AvgIpc) is 2.71. The van der Waals surface area contributed by atoms with Crippen LogP contribution in [0.1, 0.15) is 9.67 Å². The summed E-state index contributed by atoms with van der Waals surface area (Å²) in [4.78, 5) is 11.1. The normalized spacial score (nSPS) is 10.2. The van der Waals surface area contributed by atoms with Gasteiger partial charge in [-0.25, -0.2) is 0 Å². The second-order valence-corrected chi connectivity index (χ2v) is 4.36. The Labute approximate surface area is 83.1 Å². The van der Waals surface area contributed by atoms with Gasteiger partial charge in [-0.05, 0) is 28.6 Å². The lowest BCUT2D eigenvalue weighted by atomic mass is 10.2. The number of hydrogen-bond donors (Lipinski definition) is 1. The average molecular weight is 210 g/mol. The molecule has 0 radical (unpaired) electrons. The van der Waals surface area contributed by atoms with Crippen LogP contribution >= 0.6 is 22.7 Å². The Morgan fingerprint density at radius 3 is 2.38 bits per heavy atom. The second-order valence-electron chi connectivity index (χ2n) is 2.53. The highest BCUT2D eigenvalue weighted by Crippen LogP contribution is 2.31. The topological polar surface area (TPSA) is 37.3 Å². The molecule has 2 aromatic rings. The molecule has 0 amide bonds. The van der Waals surface area contributed by atoms with E-state index in [1.165, 1.54) is 22.7 Å². The van der Waals surface area contributed by atoms with Crippen molar-refractivity contribution in [2.24, 2.45) is 0 Å². The Balaban J connectivity index is 2.40. The van der Waals surface area contributed by atoms with E-state index >= 15 is 0 Å². The van der Waals surface area contributed by atoms with E-state index in [1.54, 1.807) is 6.07 Å². The van der Waals surface area contributed by atoms with Crippen molar-refractivity contribution < 1.29 is 9.90 Å². The molecule has 0 unspecified atom stereocenters. The highest BCUT2D eigenvalue weighted by molar-refractivity contribution is 7.13. The van der Waals surface area contributed by atoms with Gasteiger partial charge in [0.1, 0.15) is 0 Å². The number of carbonyl (C=O) groups excluding carboxylic acids is 1. The highest BCUT2D eigenvalue weighted by Gasteiger charge is 2.03. The molecule has 13 heavy (non-hydrogen) atoms. The van der Waals surface area contributed by atoms with Crippen molar-refractivity contribution in [3.8, 4) is 16.2 Å². The first-order chi connectivity index (χ1) is 6.29.